The van der Waals surface area contributed by atoms with Crippen LogP contribution in [0.1, 0.15) is 11.3 Å². The van der Waals surface area contributed by atoms with E-state index in [4.69, 9.17) is 14.7 Å². The van der Waals surface area contributed by atoms with Crippen LogP contribution in [-0.2, 0) is 6.61 Å². The third kappa shape index (κ3) is 2.33. The minimum Gasteiger partial charge on any atom is -0.465 e. The highest BCUT2D eigenvalue weighted by Gasteiger charge is 2.16. The van der Waals surface area contributed by atoms with Crippen LogP contribution >= 0.6 is 0 Å². The Morgan fingerprint density at radius 1 is 1.39 bits per heavy atom. The Balaban J connectivity index is 2.40. The van der Waals surface area contributed by atoms with E-state index in [9.17, 15) is 4.79 Å². The lowest BCUT2D eigenvalue weighted by Crippen LogP contribution is -2.08. The van der Waals surface area contributed by atoms with Gasteiger partial charge < -0.3 is 14.7 Å². The first kappa shape index (κ1) is 12.1. The lowest BCUT2D eigenvalue weighted by molar-refractivity contribution is 0.209. The molecule has 0 atom stereocenters. The van der Waals surface area contributed by atoms with Crippen LogP contribution in [-0.4, -0.2) is 21.5 Å². The molecule has 3 N–H and O–H groups in total. The van der Waals surface area contributed by atoms with E-state index in [-0.39, 0.29) is 6.61 Å². The molecule has 6 nitrogen and oxygen atoms in total. The summed E-state index contributed by atoms with van der Waals surface area (Å²) in [4.78, 5) is 10.7. The highest BCUT2D eigenvalue weighted by molar-refractivity contribution is 5.89. The molecule has 2 aromatic rings. The van der Waals surface area contributed by atoms with E-state index >= 15 is 0 Å². The van der Waals surface area contributed by atoms with E-state index in [2.05, 4.69) is 10.5 Å². The zero-order valence-corrected chi connectivity index (χ0v) is 9.67. The summed E-state index contributed by atoms with van der Waals surface area (Å²) in [6.45, 7) is 1.59. The number of carbonyl (C=O) groups is 1. The SMILES string of the molecule is Cc1onc(-c2ccc(CO)cc2)c1NC(=O)O. The van der Waals surface area contributed by atoms with Crippen LogP contribution in [0.4, 0.5) is 10.5 Å². The van der Waals surface area contributed by atoms with Gasteiger partial charge in [0, 0.05) is 5.56 Å². The second kappa shape index (κ2) is 4.89. The zero-order chi connectivity index (χ0) is 13.1. The molecule has 0 aliphatic rings. The second-order valence-corrected chi connectivity index (χ2v) is 3.75. The fourth-order valence-electron chi connectivity index (χ4n) is 1.59. The number of amides is 1. The number of aliphatic hydroxyl groups is 1. The molecule has 1 amide bonds. The highest BCUT2D eigenvalue weighted by atomic mass is 16.5. The molecule has 0 radical (unpaired) electrons. The van der Waals surface area contributed by atoms with Crippen LogP contribution in [0, 0.1) is 6.92 Å². The van der Waals surface area contributed by atoms with Crippen LogP contribution < -0.4 is 5.32 Å². The molecule has 6 heteroatoms. The van der Waals surface area contributed by atoms with Crippen molar-refractivity contribution in [2.45, 2.75) is 13.5 Å². The molecule has 0 unspecified atom stereocenters. The maximum Gasteiger partial charge on any atom is 0.409 e. The summed E-state index contributed by atoms with van der Waals surface area (Å²) in [6, 6.07) is 6.97. The summed E-state index contributed by atoms with van der Waals surface area (Å²) in [6.07, 6.45) is -1.17. The summed E-state index contributed by atoms with van der Waals surface area (Å²) in [5, 5.41) is 23.8. The predicted molar refractivity (Wildman–Crippen MR) is 64.2 cm³/mol. The Kier molecular flexibility index (Phi) is 3.29. The maximum atomic E-state index is 10.7. The minimum atomic E-state index is -1.17. The van der Waals surface area contributed by atoms with Gasteiger partial charge in [-0.1, -0.05) is 29.4 Å². The predicted octanol–water partition coefficient (Wildman–Crippen LogP) is 2.23. The molecule has 0 bridgehead atoms. The Morgan fingerprint density at radius 2 is 2.06 bits per heavy atom. The van der Waals surface area contributed by atoms with Crippen LogP contribution in [0.5, 0.6) is 0 Å². The number of benzene rings is 1. The second-order valence-electron chi connectivity index (χ2n) is 3.75. The Bertz CT molecular complexity index is 560. The van der Waals surface area contributed by atoms with Crippen LogP contribution in [0.15, 0.2) is 28.8 Å². The number of anilines is 1. The first-order valence-electron chi connectivity index (χ1n) is 5.28. The number of nitrogens with one attached hydrogen (secondary N) is 1. The van der Waals surface area contributed by atoms with Crippen LogP contribution in [0.25, 0.3) is 11.3 Å². The van der Waals surface area contributed by atoms with Gasteiger partial charge in [-0.3, -0.25) is 5.32 Å². The number of aryl methyl sites for hydroxylation is 1. The van der Waals surface area contributed by atoms with E-state index in [1.54, 1.807) is 31.2 Å². The Labute approximate surface area is 103 Å². The normalized spacial score (nSPS) is 10.3. The molecule has 1 aromatic carbocycles. The molecule has 0 aliphatic carbocycles. The highest BCUT2D eigenvalue weighted by Crippen LogP contribution is 2.30. The van der Waals surface area contributed by atoms with Crippen LogP contribution in [0.3, 0.4) is 0 Å². The monoisotopic (exact) mass is 248 g/mol. The number of hydrogen-bond acceptors (Lipinski definition) is 4. The van der Waals surface area contributed by atoms with Gasteiger partial charge in [0.15, 0.2) is 5.76 Å². The zero-order valence-electron chi connectivity index (χ0n) is 9.67. The summed E-state index contributed by atoms with van der Waals surface area (Å²) >= 11 is 0. The molecule has 18 heavy (non-hydrogen) atoms. The van der Waals surface area contributed by atoms with Crippen molar-refractivity contribution in [1.29, 1.82) is 0 Å². The molecule has 0 fully saturated rings. The van der Waals surface area contributed by atoms with Crippen molar-refractivity contribution in [1.82, 2.24) is 5.16 Å². The Hall–Kier alpha value is -2.34. The number of rotatable bonds is 3. The van der Waals surface area contributed by atoms with E-state index in [0.29, 0.717) is 22.7 Å². The molecule has 1 heterocycles. The van der Waals surface area contributed by atoms with Crippen molar-refractivity contribution >= 4 is 11.8 Å². The molecule has 1 aromatic heterocycles. The maximum absolute atomic E-state index is 10.7. The van der Waals surface area contributed by atoms with Crippen molar-refractivity contribution < 1.29 is 19.5 Å². The van der Waals surface area contributed by atoms with E-state index < -0.39 is 6.09 Å². The molecule has 0 saturated carbocycles. The van der Waals surface area contributed by atoms with Gasteiger partial charge in [0.05, 0.1) is 6.61 Å². The number of aliphatic hydroxyl groups excluding tert-OH is 1. The van der Waals surface area contributed by atoms with Gasteiger partial charge in [0.1, 0.15) is 11.4 Å². The molecule has 94 valence electrons. The van der Waals surface area contributed by atoms with Crippen molar-refractivity contribution in [3.63, 3.8) is 0 Å². The van der Waals surface area contributed by atoms with Gasteiger partial charge in [-0.2, -0.15) is 0 Å². The topological polar surface area (TPSA) is 95.6 Å². The summed E-state index contributed by atoms with van der Waals surface area (Å²) in [7, 11) is 0. The number of carboxylic acid groups (broad SMARTS) is 1. The van der Waals surface area contributed by atoms with Crippen molar-refractivity contribution in [3.8, 4) is 11.3 Å². The molecule has 0 spiro atoms. The molecular weight excluding hydrogens is 236 g/mol. The number of aromatic nitrogens is 1. The fourth-order valence-corrected chi connectivity index (χ4v) is 1.59. The molecule has 0 saturated heterocycles. The number of hydrogen-bond donors (Lipinski definition) is 3. The molecule has 2 rings (SSSR count). The molecular formula is C12H12N2O4. The quantitative estimate of drug-likeness (QED) is 0.774. The van der Waals surface area contributed by atoms with E-state index in [0.717, 1.165) is 5.56 Å². The first-order chi connectivity index (χ1) is 8.61. The van der Waals surface area contributed by atoms with E-state index in [1.165, 1.54) is 0 Å². The Morgan fingerprint density at radius 3 is 2.61 bits per heavy atom. The summed E-state index contributed by atoms with van der Waals surface area (Å²) < 4.78 is 4.98. The average Bonchev–Trinajstić information content (AvgIpc) is 2.71. The minimum absolute atomic E-state index is 0.0433. The van der Waals surface area contributed by atoms with E-state index in [1.807, 2.05) is 0 Å². The number of nitrogens with zero attached hydrogens (tertiary/aromatic N) is 1. The van der Waals surface area contributed by atoms with Crippen molar-refractivity contribution in [3.05, 3.63) is 35.6 Å². The van der Waals surface area contributed by atoms with Crippen molar-refractivity contribution in [2.75, 3.05) is 5.32 Å². The lowest BCUT2D eigenvalue weighted by atomic mass is 10.1. The molecule has 0 aliphatic heterocycles. The van der Waals surface area contributed by atoms with Crippen molar-refractivity contribution in [2.24, 2.45) is 0 Å². The van der Waals surface area contributed by atoms with Gasteiger partial charge in [0.25, 0.3) is 0 Å². The van der Waals surface area contributed by atoms with Crippen LogP contribution in [0.2, 0.25) is 0 Å². The summed E-state index contributed by atoms with van der Waals surface area (Å²) in [5.74, 6) is 0.402. The van der Waals surface area contributed by atoms with Gasteiger partial charge in [-0.15, -0.1) is 0 Å². The standard InChI is InChI=1S/C12H12N2O4/c1-7-10(13-12(16)17)11(14-18-7)9-4-2-8(6-15)3-5-9/h2-5,13,15H,6H2,1H3,(H,16,17). The van der Waals surface area contributed by atoms with Gasteiger partial charge in [-0.05, 0) is 12.5 Å². The third-order valence-electron chi connectivity index (χ3n) is 2.50. The fraction of sp³-hybridized carbons (Fsp3) is 0.167. The third-order valence-corrected chi connectivity index (χ3v) is 2.50. The lowest BCUT2D eigenvalue weighted by Gasteiger charge is -2.02. The van der Waals surface area contributed by atoms with Gasteiger partial charge in [-0.25, -0.2) is 4.79 Å². The smallest absolute Gasteiger partial charge is 0.409 e. The summed E-state index contributed by atoms with van der Waals surface area (Å²) in [5.41, 5.74) is 2.25. The van der Waals surface area contributed by atoms with Gasteiger partial charge in [0.2, 0.25) is 0 Å². The first-order valence-corrected chi connectivity index (χ1v) is 5.28. The van der Waals surface area contributed by atoms with Gasteiger partial charge >= 0.3 is 6.09 Å². The largest absolute Gasteiger partial charge is 0.465 e. The average molecular weight is 248 g/mol.